The molecule has 5 nitrogen and oxygen atoms in total. The van der Waals surface area contributed by atoms with Gasteiger partial charge in [0.15, 0.2) is 0 Å². The van der Waals surface area contributed by atoms with Gasteiger partial charge in [-0.25, -0.2) is 8.42 Å². The van der Waals surface area contributed by atoms with E-state index in [4.69, 9.17) is 4.74 Å². The summed E-state index contributed by atoms with van der Waals surface area (Å²) in [6.45, 7) is 6.78. The maximum atomic E-state index is 12.8. The summed E-state index contributed by atoms with van der Waals surface area (Å²) in [6.07, 6.45) is 0.00141. The van der Waals surface area contributed by atoms with E-state index in [9.17, 15) is 13.5 Å². The summed E-state index contributed by atoms with van der Waals surface area (Å²) in [5, 5.41) is 10.4. The predicted octanol–water partition coefficient (Wildman–Crippen LogP) is 2.88. The number of methoxy groups -OCH3 is 1. The van der Waals surface area contributed by atoms with Crippen molar-refractivity contribution in [3.63, 3.8) is 0 Å². The molecule has 130 valence electrons. The number of ether oxygens (including phenoxy) is 1. The number of hydrogen-bond donors (Lipinski definition) is 1. The molecule has 0 aromatic heterocycles. The third-order valence-corrected chi connectivity index (χ3v) is 6.90. The summed E-state index contributed by atoms with van der Waals surface area (Å²) in [4.78, 5) is 0.201. The van der Waals surface area contributed by atoms with E-state index < -0.39 is 16.1 Å². The minimum Gasteiger partial charge on any atom is -0.496 e. The van der Waals surface area contributed by atoms with Crippen LogP contribution in [0.15, 0.2) is 27.6 Å². The van der Waals surface area contributed by atoms with Gasteiger partial charge in [-0.1, -0.05) is 20.8 Å². The van der Waals surface area contributed by atoms with E-state index in [1.54, 1.807) is 6.07 Å². The number of halogens is 1. The van der Waals surface area contributed by atoms with Gasteiger partial charge < -0.3 is 9.84 Å². The number of aliphatic hydroxyl groups is 1. The van der Waals surface area contributed by atoms with E-state index in [0.717, 1.165) is 0 Å². The van der Waals surface area contributed by atoms with Gasteiger partial charge in [0.25, 0.3) is 0 Å². The van der Waals surface area contributed by atoms with Crippen LogP contribution in [0.3, 0.4) is 0 Å². The summed E-state index contributed by atoms with van der Waals surface area (Å²) >= 11 is 3.31. The van der Waals surface area contributed by atoms with Crippen LogP contribution < -0.4 is 4.74 Å². The van der Waals surface area contributed by atoms with Crippen LogP contribution >= 0.6 is 15.9 Å². The zero-order valence-electron chi connectivity index (χ0n) is 13.9. The van der Waals surface area contributed by atoms with E-state index in [1.165, 1.54) is 23.5 Å². The van der Waals surface area contributed by atoms with Gasteiger partial charge in [-0.2, -0.15) is 4.31 Å². The third kappa shape index (κ3) is 3.90. The number of β-amino-alcohol motifs (C(OH)–C–C–N with tert-alkyl or cyclic N) is 1. The Hall–Kier alpha value is -0.630. The van der Waals surface area contributed by atoms with Crippen LogP contribution in [-0.2, 0) is 10.0 Å². The predicted molar refractivity (Wildman–Crippen MR) is 93.0 cm³/mol. The summed E-state index contributed by atoms with van der Waals surface area (Å²) in [5.74, 6) is 0.673. The molecule has 1 fully saturated rings. The first-order chi connectivity index (χ1) is 10.6. The Labute approximate surface area is 146 Å². The first kappa shape index (κ1) is 18.7. The highest BCUT2D eigenvalue weighted by Gasteiger charge is 2.39. The van der Waals surface area contributed by atoms with Crippen LogP contribution in [0.25, 0.3) is 0 Å². The van der Waals surface area contributed by atoms with Crippen LogP contribution in [0.2, 0.25) is 0 Å². The molecular formula is C16H24BrNO4S. The van der Waals surface area contributed by atoms with Crippen LogP contribution in [0.1, 0.15) is 27.2 Å². The summed E-state index contributed by atoms with van der Waals surface area (Å²) in [5.41, 5.74) is -0.0432. The first-order valence-electron chi connectivity index (χ1n) is 7.59. The van der Waals surface area contributed by atoms with Crippen molar-refractivity contribution in [2.45, 2.75) is 38.2 Å². The second-order valence-electron chi connectivity index (χ2n) is 6.99. The Morgan fingerprint density at radius 1 is 1.35 bits per heavy atom. The van der Waals surface area contributed by atoms with Gasteiger partial charge >= 0.3 is 0 Å². The summed E-state index contributed by atoms with van der Waals surface area (Å²) < 4.78 is 32.7. The lowest BCUT2D eigenvalue weighted by Gasteiger charge is -2.41. The molecule has 0 radical (unpaired) electrons. The van der Waals surface area contributed by atoms with Crippen molar-refractivity contribution in [1.82, 2.24) is 4.31 Å². The highest BCUT2D eigenvalue weighted by atomic mass is 79.9. The van der Waals surface area contributed by atoms with Crippen molar-refractivity contribution in [1.29, 1.82) is 0 Å². The molecule has 1 aliphatic rings. The normalized spacial score (nSPS) is 23.7. The second kappa shape index (κ2) is 6.70. The van der Waals surface area contributed by atoms with Gasteiger partial charge in [0, 0.05) is 13.1 Å². The minimum absolute atomic E-state index is 0.0432. The molecule has 1 aliphatic heterocycles. The highest BCUT2D eigenvalue weighted by molar-refractivity contribution is 9.10. The first-order valence-corrected chi connectivity index (χ1v) is 9.82. The quantitative estimate of drug-likeness (QED) is 0.839. The van der Waals surface area contributed by atoms with Crippen molar-refractivity contribution < 1.29 is 18.3 Å². The highest BCUT2D eigenvalue weighted by Crippen LogP contribution is 2.36. The Balaban J connectivity index is 2.23. The molecule has 7 heteroatoms. The number of sulfonamides is 1. The number of piperidine rings is 1. The van der Waals surface area contributed by atoms with E-state index in [1.807, 2.05) is 0 Å². The molecule has 1 heterocycles. The van der Waals surface area contributed by atoms with Crippen LogP contribution in [0, 0.1) is 11.3 Å². The monoisotopic (exact) mass is 405 g/mol. The Morgan fingerprint density at radius 3 is 2.48 bits per heavy atom. The fourth-order valence-corrected chi connectivity index (χ4v) is 5.28. The summed E-state index contributed by atoms with van der Waals surface area (Å²) in [7, 11) is -2.09. The van der Waals surface area contributed by atoms with E-state index in [2.05, 4.69) is 36.7 Å². The zero-order chi connectivity index (χ0) is 17.4. The molecule has 1 aromatic rings. The molecule has 2 rings (SSSR count). The molecule has 0 aliphatic carbocycles. The van der Waals surface area contributed by atoms with Crippen molar-refractivity contribution in [2.24, 2.45) is 11.3 Å². The lowest BCUT2D eigenvalue weighted by Crippen LogP contribution is -2.49. The number of aliphatic hydroxyl groups excluding tert-OH is 1. The van der Waals surface area contributed by atoms with Crippen molar-refractivity contribution in [3.8, 4) is 5.75 Å². The number of hydrogen-bond acceptors (Lipinski definition) is 4. The van der Waals surface area contributed by atoms with E-state index in [-0.39, 0.29) is 22.8 Å². The van der Waals surface area contributed by atoms with Crippen molar-refractivity contribution in [3.05, 3.63) is 22.7 Å². The maximum Gasteiger partial charge on any atom is 0.243 e. The standard InChI is InChI=1S/C16H24BrNO4S/c1-16(2,3)12-7-8-18(10-14(12)19)23(20,21)11-5-6-15(22-4)13(17)9-11/h5-6,9,12,14,19H,7-8,10H2,1-4H3/t12-,14-/m1/s1. The Bertz CT molecular complexity index is 669. The molecule has 0 saturated carbocycles. The van der Waals surface area contributed by atoms with Gasteiger partial charge in [0.2, 0.25) is 10.0 Å². The van der Waals surface area contributed by atoms with Gasteiger partial charge in [-0.05, 0) is 51.9 Å². The third-order valence-electron chi connectivity index (χ3n) is 4.42. The fraction of sp³-hybridized carbons (Fsp3) is 0.625. The molecule has 1 saturated heterocycles. The molecule has 1 N–H and O–H groups in total. The lowest BCUT2D eigenvalue weighted by molar-refractivity contribution is -0.00209. The Kier molecular flexibility index (Phi) is 5.45. The van der Waals surface area contributed by atoms with E-state index in [0.29, 0.717) is 23.2 Å². The largest absolute Gasteiger partial charge is 0.496 e. The van der Waals surface area contributed by atoms with Crippen LogP contribution in [0.5, 0.6) is 5.75 Å². The molecule has 0 amide bonds. The summed E-state index contributed by atoms with van der Waals surface area (Å²) in [6, 6.07) is 4.69. The molecule has 2 atom stereocenters. The maximum absolute atomic E-state index is 12.8. The van der Waals surface area contributed by atoms with Gasteiger partial charge in [0.05, 0.1) is 22.6 Å². The molecule has 0 bridgehead atoms. The number of rotatable bonds is 3. The lowest BCUT2D eigenvalue weighted by atomic mass is 9.74. The van der Waals surface area contributed by atoms with Gasteiger partial charge in [0.1, 0.15) is 5.75 Å². The zero-order valence-corrected chi connectivity index (χ0v) is 16.3. The van der Waals surface area contributed by atoms with Gasteiger partial charge in [-0.15, -0.1) is 0 Å². The molecule has 1 aromatic carbocycles. The molecule has 0 spiro atoms. The van der Waals surface area contributed by atoms with Crippen LogP contribution in [0.4, 0.5) is 0 Å². The molecule has 0 unspecified atom stereocenters. The molecule has 23 heavy (non-hydrogen) atoms. The van der Waals surface area contributed by atoms with Crippen LogP contribution in [-0.4, -0.2) is 44.1 Å². The van der Waals surface area contributed by atoms with Crippen molar-refractivity contribution >= 4 is 26.0 Å². The average molecular weight is 406 g/mol. The topological polar surface area (TPSA) is 66.8 Å². The average Bonchev–Trinajstić information content (AvgIpc) is 2.45. The van der Waals surface area contributed by atoms with Gasteiger partial charge in [-0.3, -0.25) is 0 Å². The number of benzene rings is 1. The number of nitrogens with zero attached hydrogens (tertiary/aromatic N) is 1. The molecular weight excluding hydrogens is 382 g/mol. The minimum atomic E-state index is -3.62. The SMILES string of the molecule is COc1ccc(S(=O)(=O)N2CC[C@@H](C(C)(C)C)[C@H](O)C2)cc1Br. The van der Waals surface area contributed by atoms with Crippen molar-refractivity contribution in [2.75, 3.05) is 20.2 Å². The fourth-order valence-electron chi connectivity index (χ4n) is 3.09. The Morgan fingerprint density at radius 2 is 2.00 bits per heavy atom. The second-order valence-corrected chi connectivity index (χ2v) is 9.78. The van der Waals surface area contributed by atoms with E-state index >= 15 is 0 Å². The smallest absolute Gasteiger partial charge is 0.243 e.